The van der Waals surface area contributed by atoms with Gasteiger partial charge in [0.05, 0.1) is 0 Å². The quantitative estimate of drug-likeness (QED) is 0.870. The van der Waals surface area contributed by atoms with Gasteiger partial charge in [0.15, 0.2) is 4.90 Å². The highest BCUT2D eigenvalue weighted by atomic mass is 32.2. The Morgan fingerprint density at radius 1 is 1.00 bits per heavy atom. The summed E-state index contributed by atoms with van der Waals surface area (Å²) in [4.78, 5) is -0.876. The summed E-state index contributed by atoms with van der Waals surface area (Å²) in [6.07, 6.45) is 5.46. The zero-order valence-corrected chi connectivity index (χ0v) is 11.3. The number of nitrogens with one attached hydrogen (secondary N) is 1. The lowest BCUT2D eigenvalue weighted by Crippen LogP contribution is -2.35. The van der Waals surface area contributed by atoms with Crippen molar-refractivity contribution in [1.82, 2.24) is 4.72 Å². The van der Waals surface area contributed by atoms with Gasteiger partial charge in [-0.25, -0.2) is 21.9 Å². The first-order valence-corrected chi connectivity index (χ1v) is 7.95. The number of rotatable bonds is 3. The Hall–Kier alpha value is -1.01. The molecule has 2 rings (SSSR count). The summed E-state index contributed by atoms with van der Waals surface area (Å²) >= 11 is 0. The molecule has 0 aliphatic heterocycles. The van der Waals surface area contributed by atoms with Crippen LogP contribution < -0.4 is 4.72 Å². The normalized spacial score (nSPS) is 18.2. The van der Waals surface area contributed by atoms with Crippen molar-refractivity contribution < 1.29 is 17.2 Å². The van der Waals surface area contributed by atoms with Crippen molar-refractivity contribution in [1.29, 1.82) is 0 Å². The molecule has 6 heteroatoms. The van der Waals surface area contributed by atoms with Gasteiger partial charge in [-0.15, -0.1) is 0 Å². The van der Waals surface area contributed by atoms with E-state index in [1.165, 1.54) is 0 Å². The highest BCUT2D eigenvalue weighted by Gasteiger charge is 2.26. The molecule has 19 heavy (non-hydrogen) atoms. The van der Waals surface area contributed by atoms with Gasteiger partial charge in [-0.1, -0.05) is 31.7 Å². The molecular formula is C13H17F2NO2S. The van der Waals surface area contributed by atoms with E-state index >= 15 is 0 Å². The molecule has 0 radical (unpaired) electrons. The van der Waals surface area contributed by atoms with Crippen molar-refractivity contribution >= 4 is 10.0 Å². The lowest BCUT2D eigenvalue weighted by molar-refractivity contribution is 0.488. The minimum atomic E-state index is -4.14. The first-order valence-electron chi connectivity index (χ1n) is 6.47. The molecule has 0 bridgehead atoms. The monoisotopic (exact) mass is 289 g/mol. The van der Waals surface area contributed by atoms with Gasteiger partial charge in [-0.2, -0.15) is 0 Å². The second-order valence-corrected chi connectivity index (χ2v) is 6.51. The van der Waals surface area contributed by atoms with Crippen LogP contribution >= 0.6 is 0 Å². The fourth-order valence-electron chi connectivity index (χ4n) is 2.41. The minimum absolute atomic E-state index is 0.230. The van der Waals surface area contributed by atoms with E-state index in [0.717, 1.165) is 56.7 Å². The molecule has 0 atom stereocenters. The highest BCUT2D eigenvalue weighted by Crippen LogP contribution is 2.22. The maximum Gasteiger partial charge on any atom is 0.246 e. The van der Waals surface area contributed by atoms with Crippen molar-refractivity contribution in [3.63, 3.8) is 0 Å². The van der Waals surface area contributed by atoms with Crippen LogP contribution in [-0.4, -0.2) is 14.5 Å². The first-order chi connectivity index (χ1) is 9.00. The molecule has 1 aromatic rings. The predicted molar refractivity (Wildman–Crippen MR) is 68.2 cm³/mol. The van der Waals surface area contributed by atoms with Crippen LogP contribution in [0.1, 0.15) is 38.5 Å². The fourth-order valence-corrected chi connectivity index (χ4v) is 3.86. The van der Waals surface area contributed by atoms with E-state index in [-0.39, 0.29) is 6.04 Å². The summed E-state index contributed by atoms with van der Waals surface area (Å²) in [5.41, 5.74) is 0. The molecule has 0 saturated heterocycles. The molecule has 1 aliphatic carbocycles. The van der Waals surface area contributed by atoms with E-state index in [1.807, 2.05) is 0 Å². The predicted octanol–water partition coefficient (Wildman–Crippen LogP) is 2.97. The van der Waals surface area contributed by atoms with Gasteiger partial charge in [0.1, 0.15) is 11.6 Å². The third-order valence-electron chi connectivity index (χ3n) is 3.36. The average Bonchev–Trinajstić information content (AvgIpc) is 2.56. The lowest BCUT2D eigenvalue weighted by atomic mass is 10.1. The summed E-state index contributed by atoms with van der Waals surface area (Å²) in [6, 6.07) is 2.82. The average molecular weight is 289 g/mol. The van der Waals surface area contributed by atoms with Crippen LogP contribution in [0.5, 0.6) is 0 Å². The molecule has 0 aromatic heterocycles. The standard InChI is InChI=1S/C13H17F2NO2S/c14-11-8-5-9-12(15)13(11)19(17,18)16-10-6-3-1-2-4-7-10/h5,8-10,16H,1-4,6-7H2. The van der Waals surface area contributed by atoms with E-state index in [1.54, 1.807) is 0 Å². The van der Waals surface area contributed by atoms with Crippen LogP contribution in [0.25, 0.3) is 0 Å². The van der Waals surface area contributed by atoms with Gasteiger partial charge in [0.2, 0.25) is 10.0 Å². The first kappa shape index (κ1) is 14.4. The molecule has 1 fully saturated rings. The Balaban J connectivity index is 2.22. The zero-order valence-electron chi connectivity index (χ0n) is 10.5. The van der Waals surface area contributed by atoms with Crippen LogP contribution in [0.4, 0.5) is 8.78 Å². The largest absolute Gasteiger partial charge is 0.246 e. The van der Waals surface area contributed by atoms with Crippen LogP contribution in [0.15, 0.2) is 23.1 Å². The summed E-state index contributed by atoms with van der Waals surface area (Å²) in [7, 11) is -4.14. The van der Waals surface area contributed by atoms with Gasteiger partial charge in [0.25, 0.3) is 0 Å². The number of hydrogen-bond acceptors (Lipinski definition) is 2. The SMILES string of the molecule is O=S(=O)(NC1CCCCCC1)c1c(F)cccc1F. The van der Waals surface area contributed by atoms with Crippen LogP contribution in [0.3, 0.4) is 0 Å². The molecular weight excluding hydrogens is 272 g/mol. The van der Waals surface area contributed by atoms with Gasteiger partial charge < -0.3 is 0 Å². The van der Waals surface area contributed by atoms with E-state index in [4.69, 9.17) is 0 Å². The molecule has 1 aliphatic rings. The van der Waals surface area contributed by atoms with E-state index in [0.29, 0.717) is 0 Å². The summed E-state index contributed by atoms with van der Waals surface area (Å²) in [5.74, 6) is -2.11. The maximum absolute atomic E-state index is 13.5. The summed E-state index contributed by atoms with van der Waals surface area (Å²) < 4.78 is 53.6. The molecule has 1 N–H and O–H groups in total. The molecule has 0 spiro atoms. The molecule has 1 aromatic carbocycles. The highest BCUT2D eigenvalue weighted by molar-refractivity contribution is 7.89. The third-order valence-corrected chi connectivity index (χ3v) is 4.94. The topological polar surface area (TPSA) is 46.2 Å². The van der Waals surface area contributed by atoms with Crippen LogP contribution in [0, 0.1) is 11.6 Å². The van der Waals surface area contributed by atoms with E-state index < -0.39 is 26.6 Å². The van der Waals surface area contributed by atoms with Crippen LogP contribution in [-0.2, 0) is 10.0 Å². The van der Waals surface area contributed by atoms with E-state index in [2.05, 4.69) is 4.72 Å². The summed E-state index contributed by atoms with van der Waals surface area (Å²) in [5, 5.41) is 0. The van der Waals surface area contributed by atoms with Crippen molar-refractivity contribution in [2.75, 3.05) is 0 Å². The number of halogens is 2. The maximum atomic E-state index is 13.5. The van der Waals surface area contributed by atoms with Crippen molar-refractivity contribution in [3.8, 4) is 0 Å². The van der Waals surface area contributed by atoms with E-state index in [9.17, 15) is 17.2 Å². The number of hydrogen-bond donors (Lipinski definition) is 1. The zero-order chi connectivity index (χ0) is 13.9. The minimum Gasteiger partial charge on any atom is -0.208 e. The Morgan fingerprint density at radius 3 is 2.05 bits per heavy atom. The van der Waals surface area contributed by atoms with Gasteiger partial charge in [0, 0.05) is 6.04 Å². The molecule has 0 heterocycles. The Morgan fingerprint density at radius 2 is 1.53 bits per heavy atom. The molecule has 106 valence electrons. The molecule has 3 nitrogen and oxygen atoms in total. The number of sulfonamides is 1. The molecule has 0 unspecified atom stereocenters. The second-order valence-electron chi connectivity index (χ2n) is 4.86. The second kappa shape index (κ2) is 5.96. The van der Waals surface area contributed by atoms with Crippen molar-refractivity contribution in [3.05, 3.63) is 29.8 Å². The Labute approximate surface area is 112 Å². The Bertz CT molecular complexity index is 517. The van der Waals surface area contributed by atoms with Gasteiger partial charge in [-0.05, 0) is 25.0 Å². The number of benzene rings is 1. The summed E-state index contributed by atoms with van der Waals surface area (Å²) in [6.45, 7) is 0. The third kappa shape index (κ3) is 3.51. The molecule has 1 saturated carbocycles. The van der Waals surface area contributed by atoms with Gasteiger partial charge >= 0.3 is 0 Å². The Kier molecular flexibility index (Phi) is 4.52. The van der Waals surface area contributed by atoms with Crippen molar-refractivity contribution in [2.24, 2.45) is 0 Å². The van der Waals surface area contributed by atoms with Crippen molar-refractivity contribution in [2.45, 2.75) is 49.5 Å². The molecule has 0 amide bonds. The fraction of sp³-hybridized carbons (Fsp3) is 0.538. The van der Waals surface area contributed by atoms with Gasteiger partial charge in [-0.3, -0.25) is 0 Å². The lowest BCUT2D eigenvalue weighted by Gasteiger charge is -2.16. The van der Waals surface area contributed by atoms with Crippen LogP contribution in [0.2, 0.25) is 0 Å². The smallest absolute Gasteiger partial charge is 0.208 e.